The number of hydrogen-bond acceptors (Lipinski definition) is 14. The van der Waals surface area contributed by atoms with Crippen LogP contribution in [0.25, 0.3) is 11.1 Å². The highest BCUT2D eigenvalue weighted by Gasteiger charge is 2.37. The molecule has 4 rings (SSSR count). The Morgan fingerprint density at radius 2 is 1.20 bits per heavy atom. The first-order chi connectivity index (χ1) is 37.4. The second-order valence-corrected chi connectivity index (χ2v) is 22.8. The van der Waals surface area contributed by atoms with Crippen LogP contribution in [-0.2, 0) is 51.0 Å². The summed E-state index contributed by atoms with van der Waals surface area (Å²) < 4.78 is 34.0. The first kappa shape index (κ1) is 64.9. The molecule has 3 aromatic carbocycles. The third kappa shape index (κ3) is 20.6. The van der Waals surface area contributed by atoms with E-state index in [9.17, 15) is 28.8 Å². The highest BCUT2D eigenvalue weighted by Crippen LogP contribution is 2.40. The molecule has 0 radical (unpaired) electrons. The topological polar surface area (TPSA) is 267 Å². The van der Waals surface area contributed by atoms with Gasteiger partial charge in [-0.3, -0.25) is 19.2 Å². The molecule has 0 saturated carbocycles. The molecule has 0 aliphatic carbocycles. The normalized spacial score (nSPS) is 16.0. The third-order valence-corrected chi connectivity index (χ3v) is 12.3. The van der Waals surface area contributed by atoms with Crippen molar-refractivity contribution in [3.05, 3.63) is 81.9 Å². The van der Waals surface area contributed by atoms with Crippen molar-refractivity contribution >= 4 is 47.9 Å². The maximum absolute atomic E-state index is 15.3. The van der Waals surface area contributed by atoms with Gasteiger partial charge in [0, 0.05) is 36.7 Å². The van der Waals surface area contributed by atoms with Gasteiger partial charge in [0.25, 0.3) is 5.91 Å². The summed E-state index contributed by atoms with van der Waals surface area (Å²) in [6, 6.07) is 8.54. The number of fused-ring (bicyclic) bond motifs is 5. The number of likely N-dealkylation sites (N-methyl/N-ethyl adjacent to an activating group) is 1. The van der Waals surface area contributed by atoms with E-state index in [0.717, 1.165) is 24.8 Å². The zero-order valence-corrected chi connectivity index (χ0v) is 49.4. The van der Waals surface area contributed by atoms with Crippen molar-refractivity contribution in [3.63, 3.8) is 0 Å². The number of rotatable bonds is 20. The van der Waals surface area contributed by atoms with Gasteiger partial charge in [-0.1, -0.05) is 37.6 Å². The lowest BCUT2D eigenvalue weighted by Gasteiger charge is -2.33. The Morgan fingerprint density at radius 3 is 1.71 bits per heavy atom. The maximum Gasteiger partial charge on any atom is 0.407 e. The van der Waals surface area contributed by atoms with Crippen LogP contribution in [0.2, 0.25) is 0 Å². The quantitative estimate of drug-likeness (QED) is 0.0365. The van der Waals surface area contributed by atoms with Crippen LogP contribution in [0.4, 0.5) is 14.4 Å². The summed E-state index contributed by atoms with van der Waals surface area (Å²) in [6.07, 6.45) is 0.947. The molecule has 440 valence electrons. The lowest BCUT2D eigenvalue weighted by molar-refractivity contribution is -0.145. The number of alkyl carbamates (subject to hydrolysis) is 3. The SMILES string of the molecule is CCCCc1cc(C)c(C(=O)N[C@@H](CCCNC(=O)OC(C)(C)C)C(=O)N(C)[C@@H]2C(=O)N[C@@H](C)C(=O)N[C@H](C(=O)OC)Cc3ccc(OCCNC(=O)OC(C)(C)C)c(c3)-c3cc2ccc3OCCNC(=O)OC(C)(C)C)c(C)c1. The van der Waals surface area contributed by atoms with Gasteiger partial charge in [-0.25, -0.2) is 19.2 Å². The molecule has 3 aromatic rings. The van der Waals surface area contributed by atoms with Gasteiger partial charge < -0.3 is 65.2 Å². The van der Waals surface area contributed by atoms with Crippen molar-refractivity contribution < 1.29 is 66.8 Å². The van der Waals surface area contributed by atoms with Crippen molar-refractivity contribution in [2.45, 2.75) is 170 Å². The van der Waals surface area contributed by atoms with Gasteiger partial charge in [-0.2, -0.15) is 0 Å². The fourth-order valence-electron chi connectivity index (χ4n) is 8.74. The summed E-state index contributed by atoms with van der Waals surface area (Å²) in [5, 5.41) is 16.5. The van der Waals surface area contributed by atoms with Crippen LogP contribution < -0.4 is 41.4 Å². The fraction of sp³-hybridized carbons (Fsp3) is 0.559. The van der Waals surface area contributed by atoms with Crippen molar-refractivity contribution in [1.82, 2.24) is 36.8 Å². The molecule has 0 unspecified atom stereocenters. The molecule has 21 nitrogen and oxygen atoms in total. The van der Waals surface area contributed by atoms with Crippen molar-refractivity contribution in [1.29, 1.82) is 0 Å². The van der Waals surface area contributed by atoms with E-state index in [1.54, 1.807) is 98.7 Å². The van der Waals surface area contributed by atoms with Gasteiger partial charge in [-0.05, 0) is 161 Å². The number of benzene rings is 3. The van der Waals surface area contributed by atoms with E-state index >= 15 is 9.59 Å². The Balaban J connectivity index is 1.91. The largest absolute Gasteiger partial charge is 0.491 e. The average molecular weight is 1120 g/mol. The number of aryl methyl sites for hydroxylation is 3. The second-order valence-electron chi connectivity index (χ2n) is 22.8. The zero-order valence-electron chi connectivity index (χ0n) is 49.4. The maximum atomic E-state index is 15.3. The number of amides is 7. The number of nitrogens with one attached hydrogen (secondary N) is 6. The van der Waals surface area contributed by atoms with Crippen LogP contribution in [-0.4, -0.2) is 135 Å². The molecular weight excluding hydrogens is 1030 g/mol. The zero-order chi connectivity index (χ0) is 59.7. The molecular formula is C59H85N7O14. The molecule has 21 heteroatoms. The number of hydrogen-bond donors (Lipinski definition) is 6. The van der Waals surface area contributed by atoms with Gasteiger partial charge in [-0.15, -0.1) is 0 Å². The molecule has 6 N–H and O–H groups in total. The average Bonchev–Trinajstić information content (AvgIpc) is 3.34. The van der Waals surface area contributed by atoms with Gasteiger partial charge in [0.2, 0.25) is 17.7 Å². The Bertz CT molecular complexity index is 2670. The fourth-order valence-corrected chi connectivity index (χ4v) is 8.74. The Labute approximate surface area is 471 Å². The first-order valence-electron chi connectivity index (χ1n) is 27.2. The monoisotopic (exact) mass is 1120 g/mol. The van der Waals surface area contributed by atoms with Crippen LogP contribution in [0.3, 0.4) is 0 Å². The number of ether oxygens (including phenoxy) is 6. The van der Waals surface area contributed by atoms with Crippen molar-refractivity contribution in [2.75, 3.05) is 47.0 Å². The molecule has 0 spiro atoms. The van der Waals surface area contributed by atoms with E-state index in [4.69, 9.17) is 28.4 Å². The summed E-state index contributed by atoms with van der Waals surface area (Å²) in [5.41, 5.74) is 2.11. The van der Waals surface area contributed by atoms with Gasteiger partial charge in [0.1, 0.15) is 65.7 Å². The minimum atomic E-state index is -1.51. The van der Waals surface area contributed by atoms with Crippen LogP contribution in [0, 0.1) is 13.8 Å². The van der Waals surface area contributed by atoms with E-state index in [1.807, 2.05) is 26.0 Å². The van der Waals surface area contributed by atoms with E-state index in [2.05, 4.69) is 38.8 Å². The van der Waals surface area contributed by atoms with E-state index in [-0.39, 0.29) is 69.2 Å². The summed E-state index contributed by atoms with van der Waals surface area (Å²) in [4.78, 5) is 111. The Kier molecular flexibility index (Phi) is 23.6. The number of esters is 1. The predicted molar refractivity (Wildman–Crippen MR) is 301 cm³/mol. The van der Waals surface area contributed by atoms with Crippen molar-refractivity contribution in [3.8, 4) is 22.6 Å². The first-order valence-corrected chi connectivity index (χ1v) is 27.2. The molecule has 0 aromatic heterocycles. The number of methoxy groups -OCH3 is 1. The number of unbranched alkanes of at least 4 members (excludes halogenated alkanes) is 1. The number of carbonyl (C=O) groups excluding carboxylic acids is 8. The minimum Gasteiger partial charge on any atom is -0.491 e. The molecule has 1 aliphatic heterocycles. The highest BCUT2D eigenvalue weighted by molar-refractivity contribution is 6.01. The molecule has 7 amide bonds. The van der Waals surface area contributed by atoms with E-state index in [0.29, 0.717) is 33.4 Å². The summed E-state index contributed by atoms with van der Waals surface area (Å²) >= 11 is 0. The smallest absolute Gasteiger partial charge is 0.407 e. The Morgan fingerprint density at radius 1 is 0.688 bits per heavy atom. The molecule has 0 saturated heterocycles. The van der Waals surface area contributed by atoms with Gasteiger partial charge in [0.15, 0.2) is 0 Å². The second kappa shape index (κ2) is 29.0. The summed E-state index contributed by atoms with van der Waals surface area (Å²) in [7, 11) is 2.59. The van der Waals surface area contributed by atoms with E-state index < -0.39 is 88.8 Å². The van der Waals surface area contributed by atoms with Crippen LogP contribution >= 0.6 is 0 Å². The molecule has 1 heterocycles. The number of nitrogens with zero attached hydrogens (tertiary/aromatic N) is 1. The molecule has 1 aliphatic rings. The molecule has 80 heavy (non-hydrogen) atoms. The van der Waals surface area contributed by atoms with Gasteiger partial charge in [0.05, 0.1) is 20.2 Å². The van der Waals surface area contributed by atoms with Gasteiger partial charge >= 0.3 is 24.2 Å². The molecule has 4 bridgehead atoms. The van der Waals surface area contributed by atoms with Crippen LogP contribution in [0.1, 0.15) is 146 Å². The summed E-state index contributed by atoms with van der Waals surface area (Å²) in [5.74, 6) is -2.99. The number of carbonyl (C=O) groups is 8. The standard InChI is InChI=1S/C59H85N7O14/c1-16-17-19-38-30-35(2)47(36(3)31-38)50(68)64-43(20-18-25-60-54(72)78-57(5,6)7)52(70)66(14)48-40-22-24-46(77-29-27-62-56(74)80-59(11,12)13)42(34-40)41-32-39(21-23-45(41)76-28-26-61-55(73)79-58(8,9)10)33-44(53(71)75-15)65-49(67)37(4)63-51(48)69/h21-24,30-32,34,37,43-44,48H,16-20,25-29,33H2,1-15H3,(H,60,72)(H,61,73)(H,62,74)(H,63,69)(H,64,68)(H,65,67)/t37-,43-,44-,48-/m0/s1. The predicted octanol–water partition coefficient (Wildman–Crippen LogP) is 7.44. The lowest BCUT2D eigenvalue weighted by Crippen LogP contribution is -2.55. The minimum absolute atomic E-state index is 0.00505. The van der Waals surface area contributed by atoms with Crippen molar-refractivity contribution in [2.24, 2.45) is 0 Å². The highest BCUT2D eigenvalue weighted by atomic mass is 16.6. The Hall–Kier alpha value is -7.58. The van der Waals surface area contributed by atoms with E-state index in [1.165, 1.54) is 26.0 Å². The molecule has 4 atom stereocenters. The van der Waals surface area contributed by atoms with Crippen LogP contribution in [0.15, 0.2) is 48.5 Å². The summed E-state index contributed by atoms with van der Waals surface area (Å²) in [6.45, 7) is 22.8. The van der Waals surface area contributed by atoms with Crippen LogP contribution in [0.5, 0.6) is 11.5 Å². The lowest BCUT2D eigenvalue weighted by atomic mass is 9.93. The molecule has 0 fully saturated rings. The third-order valence-electron chi connectivity index (χ3n) is 12.3.